The van der Waals surface area contributed by atoms with Gasteiger partial charge in [0, 0.05) is 12.1 Å². The van der Waals surface area contributed by atoms with Crippen molar-refractivity contribution >= 4 is 20.2 Å². The van der Waals surface area contributed by atoms with Gasteiger partial charge in [-0.25, -0.2) is 0 Å². The molecule has 0 saturated heterocycles. The second-order valence-corrected chi connectivity index (χ2v) is 7.43. The van der Waals surface area contributed by atoms with Gasteiger partial charge in [0.25, 0.3) is 20.2 Å². The molecule has 0 aromatic heterocycles. The summed E-state index contributed by atoms with van der Waals surface area (Å²) in [6.45, 7) is 12.8. The Morgan fingerprint density at radius 3 is 1.04 bits per heavy atom. The molecule has 12 heteroatoms. The van der Waals surface area contributed by atoms with E-state index in [4.69, 9.17) is 19.3 Å². The Kier molecular flexibility index (Phi) is 13.2. The van der Waals surface area contributed by atoms with Crippen molar-refractivity contribution in [3.05, 3.63) is 12.1 Å². The van der Waals surface area contributed by atoms with Crippen LogP contribution >= 0.6 is 0 Å². The zero-order valence-electron chi connectivity index (χ0n) is 15.2. The first-order valence-electron chi connectivity index (χ1n) is 7.78. The van der Waals surface area contributed by atoms with Crippen molar-refractivity contribution in [1.82, 2.24) is 10.6 Å². The molecule has 0 unspecified atom stereocenters. The van der Waals surface area contributed by atoms with Crippen molar-refractivity contribution in [2.45, 2.75) is 37.5 Å². The van der Waals surface area contributed by atoms with E-state index in [0.717, 1.165) is 26.2 Å². The summed E-state index contributed by atoms with van der Waals surface area (Å²) in [6.07, 6.45) is 0. The highest BCUT2D eigenvalue weighted by Gasteiger charge is 2.23. The molecule has 0 atom stereocenters. The third kappa shape index (κ3) is 11.2. The molecule has 1 rings (SSSR count). The van der Waals surface area contributed by atoms with E-state index >= 15 is 0 Å². The van der Waals surface area contributed by atoms with Gasteiger partial charge in [0.1, 0.15) is 21.3 Å². The lowest BCUT2D eigenvalue weighted by Crippen LogP contribution is -2.09. The zero-order chi connectivity index (χ0) is 21.0. The highest BCUT2D eigenvalue weighted by molar-refractivity contribution is 7.86. The largest absolute Gasteiger partial charge is 0.506 e. The molecule has 0 aliphatic heterocycles. The minimum atomic E-state index is -4.80. The van der Waals surface area contributed by atoms with E-state index in [1.807, 2.05) is 0 Å². The highest BCUT2D eigenvalue weighted by atomic mass is 32.2. The Morgan fingerprint density at radius 1 is 0.692 bits per heavy atom. The lowest BCUT2D eigenvalue weighted by Gasteiger charge is -2.05. The standard InChI is InChI=1S/C6H6O8S2.2C4H11N/c7-3-1-5(15(9,10)11)4(8)2-6(3)16(12,13)14;2*1-3-5-4-2/h1-2,7-8H,(H,9,10,11)(H,12,13,14);2*5H,3-4H2,1-2H3. The summed E-state index contributed by atoms with van der Waals surface area (Å²) in [4.78, 5) is -2.14. The lowest BCUT2D eigenvalue weighted by atomic mass is 10.3. The number of aromatic hydroxyl groups is 2. The molecule has 0 saturated carbocycles. The normalized spacial score (nSPS) is 11.0. The number of rotatable bonds is 6. The van der Waals surface area contributed by atoms with Gasteiger partial charge in [-0.2, -0.15) is 16.8 Å². The smallest absolute Gasteiger partial charge is 0.298 e. The molecular weight excluding hydrogens is 388 g/mol. The summed E-state index contributed by atoms with van der Waals surface area (Å²) in [7, 11) is -9.61. The maximum atomic E-state index is 10.6. The molecule has 6 N–H and O–H groups in total. The average Bonchev–Trinajstić information content (AvgIpc) is 2.50. The van der Waals surface area contributed by atoms with E-state index in [-0.39, 0.29) is 0 Å². The minimum Gasteiger partial charge on any atom is -0.506 e. The predicted octanol–water partition coefficient (Wildman–Crippen LogP) is 0.823. The van der Waals surface area contributed by atoms with Crippen LogP contribution in [0.2, 0.25) is 0 Å². The van der Waals surface area contributed by atoms with Crippen LogP contribution in [0.1, 0.15) is 27.7 Å². The molecule has 0 bridgehead atoms. The fourth-order valence-corrected chi connectivity index (χ4v) is 2.62. The maximum absolute atomic E-state index is 10.6. The number of benzene rings is 1. The molecule has 0 heterocycles. The lowest BCUT2D eigenvalue weighted by molar-refractivity contribution is 0.417. The van der Waals surface area contributed by atoms with Crippen molar-refractivity contribution in [2.75, 3.05) is 26.2 Å². The third-order valence-corrected chi connectivity index (χ3v) is 4.36. The molecule has 0 radical (unpaired) electrons. The number of phenols is 2. The molecule has 10 nitrogen and oxygen atoms in total. The summed E-state index contributed by atoms with van der Waals surface area (Å²) in [6, 6.07) is 0.599. The van der Waals surface area contributed by atoms with Gasteiger partial charge in [-0.15, -0.1) is 0 Å². The van der Waals surface area contributed by atoms with Crippen LogP contribution in [0.3, 0.4) is 0 Å². The number of hydrogen-bond acceptors (Lipinski definition) is 8. The maximum Gasteiger partial charge on any atom is 0.298 e. The van der Waals surface area contributed by atoms with Gasteiger partial charge < -0.3 is 20.8 Å². The van der Waals surface area contributed by atoms with E-state index < -0.39 is 41.5 Å². The minimum absolute atomic E-state index is 0.299. The van der Waals surface area contributed by atoms with Crippen LogP contribution < -0.4 is 10.6 Å². The molecule has 0 aliphatic rings. The van der Waals surface area contributed by atoms with Crippen LogP contribution in [0.5, 0.6) is 11.5 Å². The third-order valence-electron chi connectivity index (χ3n) is 2.60. The summed E-state index contributed by atoms with van der Waals surface area (Å²) in [5.74, 6) is -2.24. The molecule has 26 heavy (non-hydrogen) atoms. The Morgan fingerprint density at radius 2 is 0.923 bits per heavy atom. The van der Waals surface area contributed by atoms with Crippen LogP contribution in [0.15, 0.2) is 21.9 Å². The van der Waals surface area contributed by atoms with E-state index in [9.17, 15) is 16.8 Å². The molecule has 0 spiro atoms. The fraction of sp³-hybridized carbons (Fsp3) is 0.571. The molecule has 0 fully saturated rings. The molecule has 1 aromatic rings. The Labute approximate surface area is 154 Å². The van der Waals surface area contributed by atoms with Crippen molar-refractivity contribution in [3.63, 3.8) is 0 Å². The van der Waals surface area contributed by atoms with Crippen LogP contribution in [0.25, 0.3) is 0 Å². The molecule has 0 amide bonds. The van der Waals surface area contributed by atoms with Gasteiger partial charge in [0.05, 0.1) is 0 Å². The van der Waals surface area contributed by atoms with Crippen molar-refractivity contribution in [1.29, 1.82) is 0 Å². The first kappa shape index (κ1) is 26.8. The number of phenolic OH excluding ortho intramolecular Hbond substituents is 2. The van der Waals surface area contributed by atoms with E-state index in [0.29, 0.717) is 12.1 Å². The topological polar surface area (TPSA) is 173 Å². The monoisotopic (exact) mass is 416 g/mol. The molecular formula is C14H28N2O8S2. The SMILES string of the molecule is CCNCC.CCNCC.O=S(=O)(O)c1cc(O)c(S(=O)(=O)O)cc1O. The first-order valence-corrected chi connectivity index (χ1v) is 10.7. The highest BCUT2D eigenvalue weighted by Crippen LogP contribution is 2.32. The average molecular weight is 417 g/mol. The molecule has 1 aromatic carbocycles. The van der Waals surface area contributed by atoms with Gasteiger partial charge in [0.2, 0.25) is 0 Å². The summed E-state index contributed by atoms with van der Waals surface area (Å²) < 4.78 is 59.7. The van der Waals surface area contributed by atoms with Crippen LogP contribution in [-0.4, -0.2) is 62.3 Å². The van der Waals surface area contributed by atoms with Gasteiger partial charge in [-0.1, -0.05) is 27.7 Å². The predicted molar refractivity (Wildman–Crippen MR) is 97.8 cm³/mol. The number of hydrogen-bond donors (Lipinski definition) is 6. The van der Waals surface area contributed by atoms with Gasteiger partial charge >= 0.3 is 0 Å². The first-order chi connectivity index (χ1) is 11.9. The van der Waals surface area contributed by atoms with E-state index in [1.54, 1.807) is 0 Å². The quantitative estimate of drug-likeness (QED) is 0.288. The summed E-state index contributed by atoms with van der Waals surface area (Å²) in [5, 5.41) is 24.4. The summed E-state index contributed by atoms with van der Waals surface area (Å²) >= 11 is 0. The van der Waals surface area contributed by atoms with Crippen molar-refractivity contribution < 1.29 is 36.2 Å². The Balaban J connectivity index is 0. The van der Waals surface area contributed by atoms with Crippen molar-refractivity contribution in [2.24, 2.45) is 0 Å². The second kappa shape index (κ2) is 12.8. The van der Waals surface area contributed by atoms with Crippen LogP contribution in [-0.2, 0) is 20.2 Å². The number of nitrogens with one attached hydrogen (secondary N) is 2. The Hall–Kier alpha value is -1.44. The second-order valence-electron chi connectivity index (χ2n) is 4.65. The Bertz CT molecular complexity index is 666. The van der Waals surface area contributed by atoms with Crippen LogP contribution in [0, 0.1) is 0 Å². The van der Waals surface area contributed by atoms with E-state index in [2.05, 4.69) is 38.3 Å². The zero-order valence-corrected chi connectivity index (χ0v) is 16.9. The molecule has 0 aliphatic carbocycles. The van der Waals surface area contributed by atoms with Gasteiger partial charge in [-0.3, -0.25) is 9.11 Å². The van der Waals surface area contributed by atoms with Crippen molar-refractivity contribution in [3.8, 4) is 11.5 Å². The summed E-state index contributed by atoms with van der Waals surface area (Å²) in [5.41, 5.74) is 0. The van der Waals surface area contributed by atoms with E-state index in [1.165, 1.54) is 0 Å². The van der Waals surface area contributed by atoms with Gasteiger partial charge in [-0.05, 0) is 26.2 Å². The van der Waals surface area contributed by atoms with Crippen LogP contribution in [0.4, 0.5) is 0 Å². The van der Waals surface area contributed by atoms with Gasteiger partial charge in [0.15, 0.2) is 0 Å². The fourth-order valence-electron chi connectivity index (χ4n) is 1.45. The molecule has 154 valence electrons.